The van der Waals surface area contributed by atoms with Gasteiger partial charge in [0.15, 0.2) is 0 Å². The summed E-state index contributed by atoms with van der Waals surface area (Å²) in [6, 6.07) is 14.3. The van der Waals surface area contributed by atoms with Crippen molar-refractivity contribution in [2.75, 3.05) is 5.32 Å². The maximum atomic E-state index is 6.18. The Morgan fingerprint density at radius 3 is 2.40 bits per heavy atom. The molecular formula is C17H19Cl2N. The molecule has 0 aliphatic heterocycles. The largest absolute Gasteiger partial charge is 0.378 e. The van der Waals surface area contributed by atoms with Crippen molar-refractivity contribution < 1.29 is 0 Å². The molecule has 20 heavy (non-hydrogen) atoms. The fraction of sp³-hybridized carbons (Fsp3) is 0.294. The van der Waals surface area contributed by atoms with Crippen molar-refractivity contribution in [2.45, 2.75) is 32.7 Å². The number of hydrogen-bond donors (Lipinski definition) is 1. The Bertz CT molecular complexity index is 564. The zero-order chi connectivity index (χ0) is 14.5. The summed E-state index contributed by atoms with van der Waals surface area (Å²) in [5, 5.41) is 5.16. The van der Waals surface area contributed by atoms with Gasteiger partial charge in [-0.25, -0.2) is 0 Å². The second-order valence-electron chi connectivity index (χ2n) is 4.95. The fourth-order valence-electron chi connectivity index (χ4n) is 2.26. The summed E-state index contributed by atoms with van der Waals surface area (Å²) in [5.41, 5.74) is 3.42. The molecule has 2 aromatic carbocycles. The summed E-state index contributed by atoms with van der Waals surface area (Å²) in [7, 11) is 0. The molecule has 0 radical (unpaired) electrons. The number of nitrogens with one attached hydrogen (secondary N) is 1. The van der Waals surface area contributed by atoms with E-state index in [1.165, 1.54) is 5.56 Å². The van der Waals surface area contributed by atoms with Gasteiger partial charge in [0, 0.05) is 15.7 Å². The van der Waals surface area contributed by atoms with Crippen molar-refractivity contribution in [3.8, 4) is 0 Å². The Labute approximate surface area is 130 Å². The van der Waals surface area contributed by atoms with Crippen molar-refractivity contribution >= 4 is 28.9 Å². The van der Waals surface area contributed by atoms with E-state index in [-0.39, 0.29) is 6.04 Å². The summed E-state index contributed by atoms with van der Waals surface area (Å²) in [5.74, 6) is 0. The van der Waals surface area contributed by atoms with Crippen molar-refractivity contribution in [1.82, 2.24) is 0 Å². The third kappa shape index (κ3) is 3.68. The van der Waals surface area contributed by atoms with Crippen LogP contribution in [0, 0.1) is 6.92 Å². The highest BCUT2D eigenvalue weighted by molar-refractivity contribution is 6.31. The Kier molecular flexibility index (Phi) is 5.33. The van der Waals surface area contributed by atoms with Gasteiger partial charge in [-0.1, -0.05) is 54.7 Å². The molecule has 1 nitrogen and oxygen atoms in total. The number of anilines is 1. The van der Waals surface area contributed by atoms with Gasteiger partial charge in [0.1, 0.15) is 0 Å². The average molecular weight is 308 g/mol. The van der Waals surface area contributed by atoms with Crippen LogP contribution < -0.4 is 5.32 Å². The van der Waals surface area contributed by atoms with E-state index in [0.29, 0.717) is 0 Å². The van der Waals surface area contributed by atoms with E-state index in [1.54, 1.807) is 0 Å². The standard InChI is InChI=1S/C17H19Cl2N/c1-3-5-17(13-8-10-14(18)11-9-13)20-16-7-4-6-15(19)12(16)2/h4,6-11,17,20H,3,5H2,1-2H3. The van der Waals surface area contributed by atoms with Crippen LogP contribution >= 0.6 is 23.2 Å². The minimum atomic E-state index is 0.273. The molecule has 0 bridgehead atoms. The molecule has 0 aliphatic carbocycles. The lowest BCUT2D eigenvalue weighted by atomic mass is 10.0. The summed E-state index contributed by atoms with van der Waals surface area (Å²) in [6.45, 7) is 4.23. The quantitative estimate of drug-likeness (QED) is 0.688. The Morgan fingerprint density at radius 1 is 1.05 bits per heavy atom. The van der Waals surface area contributed by atoms with Crippen LogP contribution in [0.1, 0.15) is 36.9 Å². The maximum absolute atomic E-state index is 6.18. The Balaban J connectivity index is 2.25. The highest BCUT2D eigenvalue weighted by Gasteiger charge is 2.12. The molecule has 0 aromatic heterocycles. The number of hydrogen-bond acceptors (Lipinski definition) is 1. The van der Waals surface area contributed by atoms with Crippen LogP contribution in [-0.2, 0) is 0 Å². The lowest BCUT2D eigenvalue weighted by Crippen LogP contribution is -2.11. The molecule has 0 fully saturated rings. The van der Waals surface area contributed by atoms with Crippen LogP contribution in [-0.4, -0.2) is 0 Å². The molecule has 2 rings (SSSR count). The minimum Gasteiger partial charge on any atom is -0.378 e. The van der Waals surface area contributed by atoms with Crippen LogP contribution in [0.5, 0.6) is 0 Å². The summed E-state index contributed by atoms with van der Waals surface area (Å²) in [6.07, 6.45) is 2.17. The SMILES string of the molecule is CCCC(Nc1cccc(Cl)c1C)c1ccc(Cl)cc1. The molecule has 1 atom stereocenters. The highest BCUT2D eigenvalue weighted by Crippen LogP contribution is 2.29. The predicted octanol–water partition coefficient (Wildman–Crippen LogP) is 6.26. The van der Waals surface area contributed by atoms with Crippen molar-refractivity contribution in [1.29, 1.82) is 0 Å². The van der Waals surface area contributed by atoms with E-state index in [9.17, 15) is 0 Å². The first-order chi connectivity index (χ1) is 9.61. The van der Waals surface area contributed by atoms with E-state index in [2.05, 4.69) is 30.4 Å². The van der Waals surface area contributed by atoms with Crippen LogP contribution in [0.4, 0.5) is 5.69 Å². The zero-order valence-electron chi connectivity index (χ0n) is 11.8. The predicted molar refractivity (Wildman–Crippen MR) is 88.9 cm³/mol. The van der Waals surface area contributed by atoms with Gasteiger partial charge in [0.2, 0.25) is 0 Å². The molecule has 0 saturated carbocycles. The van der Waals surface area contributed by atoms with Crippen molar-refractivity contribution in [2.24, 2.45) is 0 Å². The smallest absolute Gasteiger partial charge is 0.0513 e. The van der Waals surface area contributed by atoms with Gasteiger partial charge in [-0.2, -0.15) is 0 Å². The average Bonchev–Trinajstić information content (AvgIpc) is 2.44. The van der Waals surface area contributed by atoms with Gasteiger partial charge < -0.3 is 5.32 Å². The van der Waals surface area contributed by atoms with E-state index in [1.807, 2.05) is 31.2 Å². The molecule has 0 spiro atoms. The Morgan fingerprint density at radius 2 is 1.75 bits per heavy atom. The molecule has 0 heterocycles. The van der Waals surface area contributed by atoms with Gasteiger partial charge in [-0.05, 0) is 48.7 Å². The molecule has 0 amide bonds. The monoisotopic (exact) mass is 307 g/mol. The highest BCUT2D eigenvalue weighted by atomic mass is 35.5. The molecule has 106 valence electrons. The molecule has 3 heteroatoms. The first-order valence-corrected chi connectivity index (χ1v) is 7.64. The third-order valence-corrected chi connectivity index (χ3v) is 4.11. The van der Waals surface area contributed by atoms with E-state index < -0.39 is 0 Å². The van der Waals surface area contributed by atoms with Gasteiger partial charge >= 0.3 is 0 Å². The van der Waals surface area contributed by atoms with Gasteiger partial charge in [0.25, 0.3) is 0 Å². The van der Waals surface area contributed by atoms with Gasteiger partial charge in [-0.3, -0.25) is 0 Å². The van der Waals surface area contributed by atoms with E-state index >= 15 is 0 Å². The first-order valence-electron chi connectivity index (χ1n) is 6.89. The number of rotatable bonds is 5. The molecule has 1 unspecified atom stereocenters. The van der Waals surface area contributed by atoms with Crippen LogP contribution in [0.15, 0.2) is 42.5 Å². The second-order valence-corrected chi connectivity index (χ2v) is 5.79. The fourth-order valence-corrected chi connectivity index (χ4v) is 2.56. The van der Waals surface area contributed by atoms with Crippen LogP contribution in [0.3, 0.4) is 0 Å². The number of halogens is 2. The lowest BCUT2D eigenvalue weighted by molar-refractivity contribution is 0.677. The third-order valence-electron chi connectivity index (χ3n) is 3.45. The van der Waals surface area contributed by atoms with Crippen molar-refractivity contribution in [3.63, 3.8) is 0 Å². The molecule has 1 N–H and O–H groups in total. The minimum absolute atomic E-state index is 0.273. The Hall–Kier alpha value is -1.18. The molecule has 2 aromatic rings. The topological polar surface area (TPSA) is 12.0 Å². The van der Waals surface area contributed by atoms with E-state index in [0.717, 1.165) is 34.1 Å². The second kappa shape index (κ2) is 7.01. The van der Waals surface area contributed by atoms with Gasteiger partial charge in [0.05, 0.1) is 6.04 Å². The van der Waals surface area contributed by atoms with Crippen LogP contribution in [0.25, 0.3) is 0 Å². The van der Waals surface area contributed by atoms with E-state index in [4.69, 9.17) is 23.2 Å². The summed E-state index contributed by atoms with van der Waals surface area (Å²) < 4.78 is 0. The van der Waals surface area contributed by atoms with Crippen LogP contribution in [0.2, 0.25) is 10.0 Å². The lowest BCUT2D eigenvalue weighted by Gasteiger charge is -2.21. The van der Waals surface area contributed by atoms with Gasteiger partial charge in [-0.15, -0.1) is 0 Å². The molecular weight excluding hydrogens is 289 g/mol. The zero-order valence-corrected chi connectivity index (χ0v) is 13.3. The summed E-state index contributed by atoms with van der Waals surface area (Å²) >= 11 is 12.1. The molecule has 0 aliphatic rings. The first kappa shape index (κ1) is 15.2. The number of benzene rings is 2. The molecule has 0 saturated heterocycles. The normalized spacial score (nSPS) is 12.2. The summed E-state index contributed by atoms with van der Waals surface area (Å²) in [4.78, 5) is 0. The van der Waals surface area contributed by atoms with Crippen molar-refractivity contribution in [3.05, 3.63) is 63.6 Å². The maximum Gasteiger partial charge on any atom is 0.0513 e.